The Morgan fingerprint density at radius 3 is 2.42 bits per heavy atom. The molecule has 0 heterocycles. The van der Waals surface area contributed by atoms with Gasteiger partial charge in [-0.15, -0.1) is 0 Å². The van der Waals surface area contributed by atoms with Crippen molar-refractivity contribution in [1.29, 1.82) is 0 Å². The zero-order valence-corrected chi connectivity index (χ0v) is 13.4. The van der Waals surface area contributed by atoms with Gasteiger partial charge in [0, 0.05) is 19.0 Å². The lowest BCUT2D eigenvalue weighted by Crippen LogP contribution is -2.44. The first-order valence-electron chi connectivity index (χ1n) is 7.47. The summed E-state index contributed by atoms with van der Waals surface area (Å²) in [5.74, 6) is -4.27. The van der Waals surface area contributed by atoms with E-state index in [9.17, 15) is 23.2 Å². The number of carboxylic acid groups (broad SMARTS) is 1. The molecule has 1 aromatic carbocycles. The van der Waals surface area contributed by atoms with Crippen LogP contribution >= 0.6 is 0 Å². The number of carbonyl (C=O) groups is 3. The second kappa shape index (κ2) is 8.95. The lowest BCUT2D eigenvalue weighted by atomic mass is 10.0. The van der Waals surface area contributed by atoms with Gasteiger partial charge in [0.05, 0.1) is 5.56 Å². The normalized spacial score (nSPS) is 11.9. The molecule has 0 aliphatic heterocycles. The van der Waals surface area contributed by atoms with Crippen LogP contribution in [0.1, 0.15) is 37.0 Å². The summed E-state index contributed by atoms with van der Waals surface area (Å²) in [5.41, 5.74) is -0.286. The molecule has 3 N–H and O–H groups in total. The number of hydrogen-bond acceptors (Lipinski definition) is 3. The fourth-order valence-corrected chi connectivity index (χ4v) is 1.98. The van der Waals surface area contributed by atoms with Gasteiger partial charge in [0.25, 0.3) is 5.91 Å². The van der Waals surface area contributed by atoms with E-state index in [1.165, 1.54) is 0 Å². The Morgan fingerprint density at radius 2 is 1.88 bits per heavy atom. The van der Waals surface area contributed by atoms with E-state index in [4.69, 9.17) is 5.11 Å². The second-order valence-corrected chi connectivity index (χ2v) is 5.61. The first-order valence-corrected chi connectivity index (χ1v) is 7.47. The van der Waals surface area contributed by atoms with Crippen LogP contribution in [0.15, 0.2) is 18.2 Å². The van der Waals surface area contributed by atoms with Crippen molar-refractivity contribution in [1.82, 2.24) is 10.6 Å². The van der Waals surface area contributed by atoms with Gasteiger partial charge < -0.3 is 15.7 Å². The first kappa shape index (κ1) is 19.5. The Bertz CT molecular complexity index is 620. The van der Waals surface area contributed by atoms with E-state index in [0.717, 1.165) is 12.1 Å². The number of amides is 2. The van der Waals surface area contributed by atoms with Crippen LogP contribution in [0.5, 0.6) is 0 Å². The van der Waals surface area contributed by atoms with Gasteiger partial charge in [0.1, 0.15) is 17.7 Å². The fraction of sp³-hybridized carbons (Fsp3) is 0.438. The summed E-state index contributed by atoms with van der Waals surface area (Å²) in [7, 11) is 0. The Kier molecular flexibility index (Phi) is 7.29. The van der Waals surface area contributed by atoms with E-state index in [1.807, 2.05) is 0 Å². The molecule has 0 spiro atoms. The standard InChI is InChI=1S/C16H20F2N2O4/c1-9(2)14(16(23)24)20-13(21)4-3-7-19-15(22)11-6-5-10(17)8-12(11)18/h5-6,8-9,14H,3-4,7H2,1-2H3,(H,19,22)(H,20,21)(H,23,24)/t14-/m1/s1. The maximum Gasteiger partial charge on any atom is 0.326 e. The number of benzene rings is 1. The third kappa shape index (κ3) is 5.94. The predicted octanol–water partition coefficient (Wildman–Crippen LogP) is 1.70. The molecular formula is C16H20F2N2O4. The summed E-state index contributed by atoms with van der Waals surface area (Å²) in [5, 5.41) is 13.8. The van der Waals surface area contributed by atoms with Crippen LogP contribution in [0.25, 0.3) is 0 Å². The van der Waals surface area contributed by atoms with E-state index in [0.29, 0.717) is 6.07 Å². The second-order valence-electron chi connectivity index (χ2n) is 5.61. The van der Waals surface area contributed by atoms with E-state index in [2.05, 4.69) is 10.6 Å². The molecule has 1 aromatic rings. The number of rotatable bonds is 8. The molecule has 1 rings (SSSR count). The van der Waals surface area contributed by atoms with Crippen molar-refractivity contribution >= 4 is 17.8 Å². The van der Waals surface area contributed by atoms with Crippen LogP contribution < -0.4 is 10.6 Å². The summed E-state index contributed by atoms with van der Waals surface area (Å²) in [6.07, 6.45) is 0.271. The quantitative estimate of drug-likeness (QED) is 0.627. The highest BCUT2D eigenvalue weighted by Gasteiger charge is 2.23. The molecule has 0 unspecified atom stereocenters. The topological polar surface area (TPSA) is 95.5 Å². The molecule has 0 aromatic heterocycles. The maximum atomic E-state index is 13.4. The number of carboxylic acids is 1. The molecule has 132 valence electrons. The van der Waals surface area contributed by atoms with Crippen molar-refractivity contribution in [3.63, 3.8) is 0 Å². The molecule has 8 heteroatoms. The van der Waals surface area contributed by atoms with Crippen molar-refractivity contribution in [2.75, 3.05) is 6.54 Å². The zero-order chi connectivity index (χ0) is 18.3. The molecule has 0 radical (unpaired) electrons. The van der Waals surface area contributed by atoms with Crippen LogP contribution in [0.4, 0.5) is 8.78 Å². The zero-order valence-electron chi connectivity index (χ0n) is 13.4. The van der Waals surface area contributed by atoms with Gasteiger partial charge in [-0.25, -0.2) is 13.6 Å². The Hall–Kier alpha value is -2.51. The molecule has 0 saturated heterocycles. The average Bonchev–Trinajstić information content (AvgIpc) is 2.48. The molecule has 24 heavy (non-hydrogen) atoms. The molecule has 6 nitrogen and oxygen atoms in total. The maximum absolute atomic E-state index is 13.4. The summed E-state index contributed by atoms with van der Waals surface area (Å²) >= 11 is 0. The minimum atomic E-state index is -1.11. The van der Waals surface area contributed by atoms with E-state index in [-0.39, 0.29) is 30.9 Å². The molecule has 0 bridgehead atoms. The lowest BCUT2D eigenvalue weighted by molar-refractivity contribution is -0.143. The van der Waals surface area contributed by atoms with Crippen LogP contribution in [-0.2, 0) is 9.59 Å². The van der Waals surface area contributed by atoms with Crippen molar-refractivity contribution in [3.05, 3.63) is 35.4 Å². The van der Waals surface area contributed by atoms with Crippen molar-refractivity contribution in [2.24, 2.45) is 5.92 Å². The molecule has 0 fully saturated rings. The third-order valence-corrected chi connectivity index (χ3v) is 3.29. The van der Waals surface area contributed by atoms with Gasteiger partial charge in [-0.1, -0.05) is 13.8 Å². The van der Waals surface area contributed by atoms with Gasteiger partial charge in [-0.2, -0.15) is 0 Å². The number of aliphatic carboxylic acids is 1. The van der Waals surface area contributed by atoms with Crippen molar-refractivity contribution in [3.8, 4) is 0 Å². The van der Waals surface area contributed by atoms with Gasteiger partial charge in [-0.05, 0) is 24.5 Å². The fourth-order valence-electron chi connectivity index (χ4n) is 1.98. The summed E-state index contributed by atoms with van der Waals surface area (Å²) in [6.45, 7) is 3.45. The van der Waals surface area contributed by atoms with E-state index < -0.39 is 35.5 Å². The molecule has 0 aliphatic carbocycles. The summed E-state index contributed by atoms with van der Waals surface area (Å²) < 4.78 is 26.2. The van der Waals surface area contributed by atoms with Crippen LogP contribution in [0, 0.1) is 17.6 Å². The van der Waals surface area contributed by atoms with Crippen molar-refractivity contribution < 1.29 is 28.3 Å². The Labute approximate surface area is 138 Å². The van der Waals surface area contributed by atoms with E-state index in [1.54, 1.807) is 13.8 Å². The minimum absolute atomic E-state index is 0.0165. The first-order chi connectivity index (χ1) is 11.2. The highest BCUT2D eigenvalue weighted by atomic mass is 19.1. The molecule has 2 amide bonds. The van der Waals surface area contributed by atoms with Gasteiger partial charge in [0.2, 0.25) is 5.91 Å². The monoisotopic (exact) mass is 342 g/mol. The van der Waals surface area contributed by atoms with E-state index >= 15 is 0 Å². The number of hydrogen-bond donors (Lipinski definition) is 3. The summed E-state index contributed by atoms with van der Waals surface area (Å²) in [4.78, 5) is 34.4. The largest absolute Gasteiger partial charge is 0.480 e. The Morgan fingerprint density at radius 1 is 1.21 bits per heavy atom. The van der Waals surface area contributed by atoms with Crippen molar-refractivity contribution in [2.45, 2.75) is 32.7 Å². The lowest BCUT2D eigenvalue weighted by Gasteiger charge is -2.17. The Balaban J connectivity index is 2.38. The number of nitrogens with one attached hydrogen (secondary N) is 2. The molecular weight excluding hydrogens is 322 g/mol. The number of halogens is 2. The van der Waals surface area contributed by atoms with Gasteiger partial charge >= 0.3 is 5.97 Å². The van der Waals surface area contributed by atoms with Gasteiger partial charge in [0.15, 0.2) is 0 Å². The smallest absolute Gasteiger partial charge is 0.326 e. The highest BCUT2D eigenvalue weighted by Crippen LogP contribution is 2.09. The molecule has 1 atom stereocenters. The third-order valence-electron chi connectivity index (χ3n) is 3.29. The minimum Gasteiger partial charge on any atom is -0.480 e. The SMILES string of the molecule is CC(C)[C@@H](NC(=O)CCCNC(=O)c1ccc(F)cc1F)C(=O)O. The average molecular weight is 342 g/mol. The van der Waals surface area contributed by atoms with Gasteiger partial charge in [-0.3, -0.25) is 9.59 Å². The predicted molar refractivity (Wildman–Crippen MR) is 82.3 cm³/mol. The highest BCUT2D eigenvalue weighted by molar-refractivity contribution is 5.94. The van der Waals surface area contributed by atoms with Crippen LogP contribution in [0.3, 0.4) is 0 Å². The summed E-state index contributed by atoms with van der Waals surface area (Å²) in [6, 6.07) is 1.65. The number of carbonyl (C=O) groups excluding carboxylic acids is 2. The molecule has 0 saturated carbocycles. The van der Waals surface area contributed by atoms with Crippen LogP contribution in [-0.4, -0.2) is 35.5 Å². The van der Waals surface area contributed by atoms with Crippen LogP contribution in [0.2, 0.25) is 0 Å². The molecule has 0 aliphatic rings.